The van der Waals surface area contributed by atoms with Gasteiger partial charge in [-0.2, -0.15) is 9.78 Å². The van der Waals surface area contributed by atoms with Crippen LogP contribution in [0.15, 0.2) is 0 Å². The zero-order chi connectivity index (χ0) is 8.44. The second kappa shape index (κ2) is 3.35. The minimum absolute atomic E-state index is 0.197. The Labute approximate surface area is 74.2 Å². The second-order valence-corrected chi connectivity index (χ2v) is 4.34. The molecule has 2 rings (SSSR count). The molecule has 0 unspecified atom stereocenters. The lowest BCUT2D eigenvalue weighted by Gasteiger charge is -2.21. The lowest BCUT2D eigenvalue weighted by molar-refractivity contribution is 0.0850. The first-order valence-electron chi connectivity index (χ1n) is 5.15. The molecule has 0 aromatic heterocycles. The summed E-state index contributed by atoms with van der Waals surface area (Å²) in [6.07, 6.45) is 9.54. The molecule has 2 heteroatoms. The van der Waals surface area contributed by atoms with Crippen molar-refractivity contribution in [3.8, 4) is 0 Å². The zero-order valence-corrected chi connectivity index (χ0v) is 7.84. The van der Waals surface area contributed by atoms with Gasteiger partial charge in [0, 0.05) is 6.42 Å². The maximum atomic E-state index is 4.89. The van der Waals surface area contributed by atoms with Crippen LogP contribution in [0.1, 0.15) is 51.9 Å². The van der Waals surface area contributed by atoms with Gasteiger partial charge in [-0.05, 0) is 19.3 Å². The van der Waals surface area contributed by atoms with Gasteiger partial charge in [0.2, 0.25) is 5.79 Å². The monoisotopic (exact) mass is 170 g/mol. The molecule has 1 saturated heterocycles. The molecule has 70 valence electrons. The van der Waals surface area contributed by atoms with Crippen LogP contribution in [-0.4, -0.2) is 5.79 Å². The molecule has 12 heavy (non-hydrogen) atoms. The van der Waals surface area contributed by atoms with Crippen LogP contribution in [0.2, 0.25) is 0 Å². The maximum Gasteiger partial charge on any atom is 0.231 e. The van der Waals surface area contributed by atoms with Crippen LogP contribution >= 0.6 is 0 Å². The second-order valence-electron chi connectivity index (χ2n) is 4.34. The predicted molar refractivity (Wildman–Crippen MR) is 46.4 cm³/mol. The Morgan fingerprint density at radius 2 is 1.83 bits per heavy atom. The summed E-state index contributed by atoms with van der Waals surface area (Å²) in [6.45, 7) is 2.02. The standard InChI is InChI=1S/C10H18O2/c1-10(11-12-10)8-7-9-5-3-2-4-6-9/h9H,2-8H2,1H3. The van der Waals surface area contributed by atoms with Crippen LogP contribution in [0.3, 0.4) is 0 Å². The fourth-order valence-corrected chi connectivity index (χ4v) is 2.10. The van der Waals surface area contributed by atoms with Crippen molar-refractivity contribution in [3.05, 3.63) is 0 Å². The van der Waals surface area contributed by atoms with E-state index in [0.29, 0.717) is 0 Å². The number of hydrogen-bond acceptors (Lipinski definition) is 2. The highest BCUT2D eigenvalue weighted by Crippen LogP contribution is 2.37. The van der Waals surface area contributed by atoms with E-state index in [2.05, 4.69) is 0 Å². The van der Waals surface area contributed by atoms with Gasteiger partial charge in [-0.3, -0.25) is 0 Å². The van der Waals surface area contributed by atoms with Crippen molar-refractivity contribution in [2.24, 2.45) is 5.92 Å². The molecule has 0 aromatic carbocycles. The molecule has 0 spiro atoms. The fourth-order valence-electron chi connectivity index (χ4n) is 2.10. The van der Waals surface area contributed by atoms with Crippen LogP contribution in [-0.2, 0) is 9.78 Å². The summed E-state index contributed by atoms with van der Waals surface area (Å²) in [5.41, 5.74) is 0. The summed E-state index contributed by atoms with van der Waals surface area (Å²) in [7, 11) is 0. The Morgan fingerprint density at radius 1 is 1.17 bits per heavy atom. The van der Waals surface area contributed by atoms with Gasteiger partial charge in [-0.15, -0.1) is 0 Å². The first-order valence-corrected chi connectivity index (χ1v) is 5.15. The Morgan fingerprint density at radius 3 is 2.42 bits per heavy atom. The van der Waals surface area contributed by atoms with E-state index < -0.39 is 0 Å². The SMILES string of the molecule is CC1(CCC2CCCCC2)OO1. The van der Waals surface area contributed by atoms with E-state index >= 15 is 0 Å². The summed E-state index contributed by atoms with van der Waals surface area (Å²) in [5, 5.41) is 0. The topological polar surface area (TPSA) is 25.1 Å². The van der Waals surface area contributed by atoms with Crippen LogP contribution in [0.5, 0.6) is 0 Å². The van der Waals surface area contributed by atoms with Crippen LogP contribution in [0.4, 0.5) is 0 Å². The van der Waals surface area contributed by atoms with Gasteiger partial charge in [0.05, 0.1) is 0 Å². The van der Waals surface area contributed by atoms with E-state index in [0.717, 1.165) is 12.3 Å². The molecule has 0 radical (unpaired) electrons. The van der Waals surface area contributed by atoms with Gasteiger partial charge in [0.15, 0.2) is 0 Å². The molecule has 1 aliphatic carbocycles. The maximum absolute atomic E-state index is 4.89. The molecule has 1 heterocycles. The van der Waals surface area contributed by atoms with Crippen LogP contribution in [0.25, 0.3) is 0 Å². The molecular weight excluding hydrogens is 152 g/mol. The third-order valence-electron chi connectivity index (χ3n) is 3.10. The van der Waals surface area contributed by atoms with Crippen molar-refractivity contribution in [2.75, 3.05) is 0 Å². The van der Waals surface area contributed by atoms with Crippen molar-refractivity contribution >= 4 is 0 Å². The van der Waals surface area contributed by atoms with Crippen LogP contribution < -0.4 is 0 Å². The Balaban J connectivity index is 1.65. The number of hydrogen-bond donors (Lipinski definition) is 0. The molecule has 0 amide bonds. The average Bonchev–Trinajstić information content (AvgIpc) is 2.84. The third-order valence-corrected chi connectivity index (χ3v) is 3.10. The molecular formula is C10H18O2. The summed E-state index contributed by atoms with van der Waals surface area (Å²) in [5.74, 6) is 0.751. The lowest BCUT2D eigenvalue weighted by atomic mass is 9.85. The quantitative estimate of drug-likeness (QED) is 0.480. The summed E-state index contributed by atoms with van der Waals surface area (Å²) in [6, 6.07) is 0. The fraction of sp³-hybridized carbons (Fsp3) is 1.00. The van der Waals surface area contributed by atoms with Crippen molar-refractivity contribution in [2.45, 2.75) is 57.7 Å². The Bertz CT molecular complexity index is 146. The van der Waals surface area contributed by atoms with Gasteiger partial charge in [0.25, 0.3) is 0 Å². The summed E-state index contributed by atoms with van der Waals surface area (Å²) >= 11 is 0. The first kappa shape index (κ1) is 8.52. The molecule has 0 bridgehead atoms. The highest BCUT2D eigenvalue weighted by Gasteiger charge is 2.43. The van der Waals surface area contributed by atoms with Gasteiger partial charge in [0.1, 0.15) is 0 Å². The third kappa shape index (κ3) is 2.20. The average molecular weight is 170 g/mol. The predicted octanol–water partition coefficient (Wildman–Crippen LogP) is 3.02. The molecule has 0 aromatic rings. The van der Waals surface area contributed by atoms with Crippen molar-refractivity contribution in [1.29, 1.82) is 0 Å². The van der Waals surface area contributed by atoms with E-state index in [1.807, 2.05) is 6.92 Å². The first-order chi connectivity index (χ1) is 5.79. The smallest absolute Gasteiger partial charge is 0.195 e. The highest BCUT2D eigenvalue weighted by molar-refractivity contribution is 4.72. The molecule has 1 aliphatic heterocycles. The van der Waals surface area contributed by atoms with E-state index in [1.54, 1.807) is 0 Å². The van der Waals surface area contributed by atoms with E-state index in [4.69, 9.17) is 9.78 Å². The van der Waals surface area contributed by atoms with Gasteiger partial charge < -0.3 is 0 Å². The van der Waals surface area contributed by atoms with Gasteiger partial charge in [-0.1, -0.05) is 32.1 Å². The molecule has 0 N–H and O–H groups in total. The van der Waals surface area contributed by atoms with Crippen LogP contribution in [0, 0.1) is 5.92 Å². The minimum atomic E-state index is -0.197. The largest absolute Gasteiger partial charge is 0.231 e. The molecule has 2 aliphatic rings. The van der Waals surface area contributed by atoms with Gasteiger partial charge in [-0.25, -0.2) is 0 Å². The normalized spacial score (nSPS) is 28.8. The summed E-state index contributed by atoms with van der Waals surface area (Å²) < 4.78 is 0. The minimum Gasteiger partial charge on any atom is -0.195 e. The lowest BCUT2D eigenvalue weighted by Crippen LogP contribution is -2.11. The Kier molecular flexibility index (Phi) is 2.37. The van der Waals surface area contributed by atoms with Crippen molar-refractivity contribution < 1.29 is 9.78 Å². The molecule has 2 fully saturated rings. The summed E-state index contributed by atoms with van der Waals surface area (Å²) in [4.78, 5) is 9.77. The molecule has 0 atom stereocenters. The highest BCUT2D eigenvalue weighted by atomic mass is 17.4. The van der Waals surface area contributed by atoms with Crippen molar-refractivity contribution in [3.63, 3.8) is 0 Å². The Hall–Kier alpha value is -0.0800. The van der Waals surface area contributed by atoms with E-state index in [-0.39, 0.29) is 5.79 Å². The molecule has 2 nitrogen and oxygen atoms in total. The van der Waals surface area contributed by atoms with Gasteiger partial charge >= 0.3 is 0 Å². The zero-order valence-electron chi connectivity index (χ0n) is 7.84. The number of rotatable bonds is 3. The van der Waals surface area contributed by atoms with E-state index in [1.165, 1.54) is 38.5 Å². The van der Waals surface area contributed by atoms with Crippen molar-refractivity contribution in [1.82, 2.24) is 0 Å². The molecule has 1 saturated carbocycles. The van der Waals surface area contributed by atoms with E-state index in [9.17, 15) is 0 Å².